The summed E-state index contributed by atoms with van der Waals surface area (Å²) in [6, 6.07) is -0.147. The second-order valence-electron chi connectivity index (χ2n) is 13.2. The number of hydrogen-bond acceptors (Lipinski definition) is 7. The fraction of sp³-hybridized carbons (Fsp3) is 0.833. The van der Waals surface area contributed by atoms with Crippen molar-refractivity contribution in [3.8, 4) is 0 Å². The average molecular weight is 548 g/mol. The number of nitrogens with two attached hydrogens (primary N) is 1. The highest BCUT2D eigenvalue weighted by atomic mass is 16.7. The summed E-state index contributed by atoms with van der Waals surface area (Å²) in [6.45, 7) is 7.39. The summed E-state index contributed by atoms with van der Waals surface area (Å²) >= 11 is 0. The van der Waals surface area contributed by atoms with E-state index >= 15 is 0 Å². The predicted molar refractivity (Wildman–Crippen MR) is 142 cm³/mol. The molecule has 9 heteroatoms. The molecule has 0 aromatic carbocycles. The molecule has 39 heavy (non-hydrogen) atoms. The number of ether oxygens (including phenoxy) is 3. The molecule has 0 aromatic heterocycles. The number of allylic oxidation sites excluding steroid dienone is 1. The molecule has 2 bridgehead atoms. The van der Waals surface area contributed by atoms with Crippen LogP contribution in [0.15, 0.2) is 11.6 Å². The molecule has 9 nitrogen and oxygen atoms in total. The lowest BCUT2D eigenvalue weighted by molar-refractivity contribution is -0.218. The van der Waals surface area contributed by atoms with Gasteiger partial charge in [0.25, 0.3) is 0 Å². The van der Waals surface area contributed by atoms with Crippen LogP contribution in [0.5, 0.6) is 0 Å². The van der Waals surface area contributed by atoms with E-state index in [2.05, 4.69) is 13.8 Å². The third kappa shape index (κ3) is 5.04. The number of aliphatic carboxylic acids is 1. The first-order chi connectivity index (χ1) is 18.6. The van der Waals surface area contributed by atoms with E-state index in [0.717, 1.165) is 44.1 Å². The van der Waals surface area contributed by atoms with Crippen LogP contribution >= 0.6 is 0 Å². The Balaban J connectivity index is 1.49. The van der Waals surface area contributed by atoms with Gasteiger partial charge < -0.3 is 30.2 Å². The number of hydrogen-bond donors (Lipinski definition) is 3. The summed E-state index contributed by atoms with van der Waals surface area (Å²) in [6.07, 6.45) is 4.73. The number of carboxylic acids is 1. The molecule has 4 N–H and O–H groups in total. The SMILES string of the molecule is CCC(N)CO[C@@H]1C2COC[C@]3(C[C@H]1OC(=O)O)C1=CC(=O)C4C(CCC(CC(C)C)[C@H]4C(=O)O)C1CCC23. The highest BCUT2D eigenvalue weighted by Crippen LogP contribution is 2.64. The van der Waals surface area contributed by atoms with Crippen LogP contribution in [-0.2, 0) is 23.8 Å². The van der Waals surface area contributed by atoms with Gasteiger partial charge in [0.1, 0.15) is 6.10 Å². The summed E-state index contributed by atoms with van der Waals surface area (Å²) in [4.78, 5) is 38.1. The first kappa shape index (κ1) is 28.6. The quantitative estimate of drug-likeness (QED) is 0.382. The van der Waals surface area contributed by atoms with Crippen LogP contribution in [0, 0.1) is 52.8 Å². The lowest BCUT2D eigenvalue weighted by Crippen LogP contribution is -2.64. The topological polar surface area (TPSA) is 145 Å². The van der Waals surface area contributed by atoms with Crippen LogP contribution in [0.4, 0.5) is 4.79 Å². The third-order valence-corrected chi connectivity index (χ3v) is 10.7. The number of ketones is 1. The Labute approximate surface area is 230 Å². The molecule has 218 valence electrons. The maximum absolute atomic E-state index is 13.9. The van der Waals surface area contributed by atoms with Gasteiger partial charge in [0, 0.05) is 23.3 Å². The molecule has 5 rings (SSSR count). The number of carbonyl (C=O) groups excluding carboxylic acids is 1. The van der Waals surface area contributed by atoms with Gasteiger partial charge >= 0.3 is 12.1 Å². The molecule has 7 unspecified atom stereocenters. The van der Waals surface area contributed by atoms with Gasteiger partial charge in [0.2, 0.25) is 0 Å². The van der Waals surface area contributed by atoms with Crippen molar-refractivity contribution in [2.75, 3.05) is 19.8 Å². The third-order valence-electron chi connectivity index (χ3n) is 10.7. The first-order valence-electron chi connectivity index (χ1n) is 14.9. The maximum atomic E-state index is 13.9. The van der Waals surface area contributed by atoms with Gasteiger partial charge in [-0.3, -0.25) is 9.59 Å². The molecule has 1 aliphatic heterocycles. The number of rotatable bonds is 8. The van der Waals surface area contributed by atoms with E-state index in [0.29, 0.717) is 32.2 Å². The minimum absolute atomic E-state index is 0.00641. The second kappa shape index (κ2) is 11.1. The van der Waals surface area contributed by atoms with Crippen LogP contribution in [0.3, 0.4) is 0 Å². The van der Waals surface area contributed by atoms with Crippen LogP contribution in [0.2, 0.25) is 0 Å². The van der Waals surface area contributed by atoms with E-state index in [9.17, 15) is 24.6 Å². The fourth-order valence-electron chi connectivity index (χ4n) is 9.24. The van der Waals surface area contributed by atoms with Crippen LogP contribution in [0.25, 0.3) is 0 Å². The minimum atomic E-state index is -1.34. The molecule has 0 amide bonds. The Morgan fingerprint density at radius 2 is 1.95 bits per heavy atom. The van der Waals surface area contributed by atoms with Gasteiger partial charge in [0.05, 0.1) is 31.8 Å². The number of carboxylic acid groups (broad SMARTS) is 2. The molecular formula is C30H45NO8. The summed E-state index contributed by atoms with van der Waals surface area (Å²) in [5.41, 5.74) is 6.67. The predicted octanol–water partition coefficient (Wildman–Crippen LogP) is 4.13. The van der Waals surface area contributed by atoms with Crippen molar-refractivity contribution >= 4 is 17.9 Å². The largest absolute Gasteiger partial charge is 0.506 e. The summed E-state index contributed by atoms with van der Waals surface area (Å²) < 4.78 is 17.9. The van der Waals surface area contributed by atoms with Gasteiger partial charge in [0.15, 0.2) is 5.78 Å². The van der Waals surface area contributed by atoms with Gasteiger partial charge in [-0.05, 0) is 80.6 Å². The second-order valence-corrected chi connectivity index (χ2v) is 13.2. The highest BCUT2D eigenvalue weighted by molar-refractivity contribution is 5.97. The lowest BCUT2D eigenvalue weighted by atomic mass is 9.45. The molecule has 4 aliphatic carbocycles. The van der Waals surface area contributed by atoms with Crippen molar-refractivity contribution in [1.29, 1.82) is 0 Å². The van der Waals surface area contributed by atoms with Crippen molar-refractivity contribution < 1.29 is 38.8 Å². The fourth-order valence-corrected chi connectivity index (χ4v) is 9.24. The van der Waals surface area contributed by atoms with Crippen LogP contribution in [-0.4, -0.2) is 66.2 Å². The minimum Gasteiger partial charge on any atom is -0.481 e. The monoisotopic (exact) mass is 547 g/mol. The van der Waals surface area contributed by atoms with Gasteiger partial charge in [-0.25, -0.2) is 4.79 Å². The molecule has 11 atom stereocenters. The van der Waals surface area contributed by atoms with E-state index in [1.807, 2.05) is 6.92 Å². The van der Waals surface area contributed by atoms with Crippen molar-refractivity contribution in [2.45, 2.75) is 84.0 Å². The van der Waals surface area contributed by atoms with E-state index in [1.54, 1.807) is 6.08 Å². The summed E-state index contributed by atoms with van der Waals surface area (Å²) in [5.74, 6) is -1.49. The van der Waals surface area contributed by atoms with E-state index in [4.69, 9.17) is 19.9 Å². The lowest BCUT2D eigenvalue weighted by Gasteiger charge is -2.62. The van der Waals surface area contributed by atoms with Crippen molar-refractivity contribution in [3.05, 3.63) is 11.6 Å². The van der Waals surface area contributed by atoms with Gasteiger partial charge in [-0.15, -0.1) is 0 Å². The van der Waals surface area contributed by atoms with E-state index in [1.165, 1.54) is 0 Å². The molecule has 0 radical (unpaired) electrons. The average Bonchev–Trinajstić information content (AvgIpc) is 2.87. The molecule has 1 heterocycles. The van der Waals surface area contributed by atoms with Crippen molar-refractivity contribution in [1.82, 2.24) is 0 Å². The summed E-state index contributed by atoms with van der Waals surface area (Å²) in [7, 11) is 0. The Kier molecular flexibility index (Phi) is 8.15. The zero-order valence-corrected chi connectivity index (χ0v) is 23.4. The Hall–Kier alpha value is -1.97. The van der Waals surface area contributed by atoms with E-state index in [-0.39, 0.29) is 41.4 Å². The highest BCUT2D eigenvalue weighted by Gasteiger charge is 2.64. The molecule has 5 aliphatic rings. The molecule has 0 spiro atoms. The molecule has 4 fully saturated rings. The maximum Gasteiger partial charge on any atom is 0.506 e. The first-order valence-corrected chi connectivity index (χ1v) is 14.9. The smallest absolute Gasteiger partial charge is 0.481 e. The standard InChI is InChI=1S/C30H45NO8/c1-4-17(31)12-38-27-20-13-37-14-30(11-24(27)39-29(35)36)21(20)8-7-18-19-6-5-16(9-15(2)3)25(28(33)34)26(19)23(32)10-22(18)30/h10,15-21,24-27H,4-9,11-14,31H2,1-3H3,(H,33,34)(H,35,36)/t16?,17?,18?,19?,20?,21?,24-,25-,26?,27-,30+/m1/s1. The van der Waals surface area contributed by atoms with E-state index < -0.39 is 41.6 Å². The number of fused-ring (bicyclic) bond motifs is 3. The zero-order valence-electron chi connectivity index (χ0n) is 23.4. The van der Waals surface area contributed by atoms with Gasteiger partial charge in [-0.2, -0.15) is 0 Å². The Morgan fingerprint density at radius 1 is 1.18 bits per heavy atom. The Morgan fingerprint density at radius 3 is 2.62 bits per heavy atom. The van der Waals surface area contributed by atoms with Crippen molar-refractivity contribution in [3.63, 3.8) is 0 Å². The molecule has 0 aromatic rings. The Bertz CT molecular complexity index is 995. The van der Waals surface area contributed by atoms with Crippen molar-refractivity contribution in [2.24, 2.45) is 58.5 Å². The van der Waals surface area contributed by atoms with Gasteiger partial charge in [-0.1, -0.05) is 26.3 Å². The molecule has 1 saturated heterocycles. The zero-order chi connectivity index (χ0) is 28.1. The van der Waals surface area contributed by atoms with Crippen LogP contribution < -0.4 is 5.73 Å². The molecular weight excluding hydrogens is 502 g/mol. The number of carbonyl (C=O) groups is 3. The van der Waals surface area contributed by atoms with Crippen LogP contribution in [0.1, 0.15) is 65.7 Å². The normalized spacial score (nSPS) is 42.0. The molecule has 3 saturated carbocycles. The summed E-state index contributed by atoms with van der Waals surface area (Å²) in [5, 5.41) is 19.9.